The topological polar surface area (TPSA) is 18.5 Å². The van der Waals surface area contributed by atoms with Crippen molar-refractivity contribution in [2.75, 3.05) is 7.11 Å². The van der Waals surface area contributed by atoms with Crippen LogP contribution in [0, 0.1) is 29.1 Å². The summed E-state index contributed by atoms with van der Waals surface area (Å²) in [5, 5.41) is 0. The van der Waals surface area contributed by atoms with E-state index in [1.54, 1.807) is 18.2 Å². The molecule has 1 aromatic carbocycles. The Hall–Kier alpha value is -0.803. The SMILES string of the molecule is COc1ccc2c(c1)C[C@@H](C)[C@@H]1[C@@H]2CC[C@@]2(C)[C@H]1CC1C[C@@]12O[Si](C)(C)C. The van der Waals surface area contributed by atoms with Gasteiger partial charge in [-0.2, -0.15) is 0 Å². The van der Waals surface area contributed by atoms with E-state index >= 15 is 0 Å². The van der Waals surface area contributed by atoms with E-state index in [4.69, 9.17) is 9.16 Å². The number of ether oxygens (including phenoxy) is 1. The lowest BCUT2D eigenvalue weighted by molar-refractivity contribution is -0.0597. The van der Waals surface area contributed by atoms with Crippen LogP contribution in [-0.4, -0.2) is 21.0 Å². The molecule has 1 aromatic rings. The molecule has 5 rings (SSSR count). The molecule has 0 saturated heterocycles. The van der Waals surface area contributed by atoms with Gasteiger partial charge in [0.25, 0.3) is 0 Å². The highest BCUT2D eigenvalue weighted by molar-refractivity contribution is 6.69. The van der Waals surface area contributed by atoms with Gasteiger partial charge in [0, 0.05) is 0 Å². The van der Waals surface area contributed by atoms with Crippen molar-refractivity contribution in [3.05, 3.63) is 29.3 Å². The van der Waals surface area contributed by atoms with Crippen LogP contribution in [0.1, 0.15) is 56.6 Å². The summed E-state index contributed by atoms with van der Waals surface area (Å²) < 4.78 is 12.5. The Morgan fingerprint density at radius 3 is 2.67 bits per heavy atom. The lowest BCUT2D eigenvalue weighted by atomic mass is 9.51. The Morgan fingerprint density at radius 2 is 1.96 bits per heavy atom. The second kappa shape index (κ2) is 5.63. The first-order valence-electron chi connectivity index (χ1n) is 11.1. The predicted molar refractivity (Wildman–Crippen MR) is 113 cm³/mol. The van der Waals surface area contributed by atoms with Crippen molar-refractivity contribution in [3.8, 4) is 5.75 Å². The molecule has 0 radical (unpaired) electrons. The van der Waals surface area contributed by atoms with E-state index in [0.717, 1.165) is 35.3 Å². The monoisotopic (exact) mass is 384 g/mol. The highest BCUT2D eigenvalue weighted by Crippen LogP contribution is 2.76. The van der Waals surface area contributed by atoms with Crippen LogP contribution in [0.2, 0.25) is 19.6 Å². The number of hydrogen-bond acceptors (Lipinski definition) is 2. The molecule has 4 aliphatic carbocycles. The van der Waals surface area contributed by atoms with Gasteiger partial charge in [0.05, 0.1) is 12.7 Å². The first-order chi connectivity index (χ1) is 12.7. The average molecular weight is 385 g/mol. The van der Waals surface area contributed by atoms with Crippen molar-refractivity contribution in [2.24, 2.45) is 29.1 Å². The number of rotatable bonds is 3. The molecule has 3 saturated carbocycles. The first-order valence-corrected chi connectivity index (χ1v) is 14.5. The summed E-state index contributed by atoms with van der Waals surface area (Å²) in [6.45, 7) is 12.3. The Morgan fingerprint density at radius 1 is 1.19 bits per heavy atom. The summed E-state index contributed by atoms with van der Waals surface area (Å²) in [5.74, 6) is 5.04. The fourth-order valence-corrected chi connectivity index (χ4v) is 9.32. The third-order valence-electron chi connectivity index (χ3n) is 8.71. The Balaban J connectivity index is 1.50. The average Bonchev–Trinajstić information content (AvgIpc) is 3.22. The quantitative estimate of drug-likeness (QED) is 0.593. The van der Waals surface area contributed by atoms with Gasteiger partial charge in [0.1, 0.15) is 5.75 Å². The van der Waals surface area contributed by atoms with Crippen LogP contribution in [0.5, 0.6) is 5.75 Å². The van der Waals surface area contributed by atoms with Gasteiger partial charge in [-0.15, -0.1) is 0 Å². The Labute approximate surface area is 166 Å². The van der Waals surface area contributed by atoms with Gasteiger partial charge in [-0.25, -0.2) is 0 Å². The molecule has 7 atom stereocenters. The van der Waals surface area contributed by atoms with E-state index in [-0.39, 0.29) is 5.60 Å². The molecule has 4 aliphatic rings. The normalized spacial score (nSPS) is 44.7. The molecule has 0 aromatic heterocycles. The summed E-state index contributed by atoms with van der Waals surface area (Å²) in [6, 6.07) is 6.86. The molecule has 148 valence electrons. The largest absolute Gasteiger partial charge is 0.497 e. The minimum atomic E-state index is -1.52. The van der Waals surface area contributed by atoms with Gasteiger partial charge >= 0.3 is 0 Å². The lowest BCUT2D eigenvalue weighted by Crippen LogP contribution is -2.52. The molecular weight excluding hydrogens is 348 g/mol. The minimum absolute atomic E-state index is 0.229. The molecule has 0 amide bonds. The van der Waals surface area contributed by atoms with Gasteiger partial charge in [-0.1, -0.05) is 19.9 Å². The van der Waals surface area contributed by atoms with Crippen LogP contribution in [0.4, 0.5) is 0 Å². The zero-order valence-electron chi connectivity index (χ0n) is 18.0. The van der Waals surface area contributed by atoms with Crippen molar-refractivity contribution in [2.45, 2.75) is 77.1 Å². The zero-order chi connectivity index (χ0) is 19.2. The highest BCUT2D eigenvalue weighted by Gasteiger charge is 2.76. The maximum Gasteiger partial charge on any atom is 0.184 e. The van der Waals surface area contributed by atoms with Gasteiger partial charge in [0.15, 0.2) is 8.32 Å². The van der Waals surface area contributed by atoms with Crippen molar-refractivity contribution < 1.29 is 9.16 Å². The molecular formula is C24H36O2Si. The van der Waals surface area contributed by atoms with Crippen LogP contribution in [0.25, 0.3) is 0 Å². The van der Waals surface area contributed by atoms with Crippen LogP contribution < -0.4 is 4.74 Å². The fourth-order valence-electron chi connectivity index (χ4n) is 7.74. The molecule has 3 heteroatoms. The number of methoxy groups -OCH3 is 1. The van der Waals surface area contributed by atoms with E-state index < -0.39 is 8.32 Å². The third kappa shape index (κ3) is 2.46. The standard InChI is InChI=1S/C24H36O2Si/c1-15-11-16-12-18(25-3)7-8-19(16)20-9-10-23(2)21(22(15)20)13-17-14-24(17,23)26-27(4,5)6/h7-8,12,15,17,20-22H,9-11,13-14H2,1-6H3/t15-,17?,20-,21+,22-,23+,24-/m1/s1. The van der Waals surface area contributed by atoms with Crippen molar-refractivity contribution in [1.29, 1.82) is 0 Å². The van der Waals surface area contributed by atoms with Crippen molar-refractivity contribution in [3.63, 3.8) is 0 Å². The zero-order valence-corrected chi connectivity index (χ0v) is 19.0. The van der Waals surface area contributed by atoms with Crippen molar-refractivity contribution >= 4 is 8.32 Å². The van der Waals surface area contributed by atoms with Crippen LogP contribution >= 0.6 is 0 Å². The molecule has 0 bridgehead atoms. The number of hydrogen-bond donors (Lipinski definition) is 0. The van der Waals surface area contributed by atoms with Crippen LogP contribution in [0.15, 0.2) is 18.2 Å². The van der Waals surface area contributed by atoms with E-state index in [1.165, 1.54) is 32.1 Å². The summed E-state index contributed by atoms with van der Waals surface area (Å²) in [5.41, 5.74) is 3.80. The fraction of sp³-hybridized carbons (Fsp3) is 0.750. The van der Waals surface area contributed by atoms with Gasteiger partial charge in [-0.3, -0.25) is 0 Å². The maximum atomic E-state index is 6.97. The molecule has 0 N–H and O–H groups in total. The van der Waals surface area contributed by atoms with E-state index in [0.29, 0.717) is 5.41 Å². The van der Waals surface area contributed by atoms with Crippen LogP contribution in [-0.2, 0) is 10.8 Å². The third-order valence-corrected chi connectivity index (χ3v) is 9.69. The van der Waals surface area contributed by atoms with Crippen molar-refractivity contribution in [1.82, 2.24) is 0 Å². The summed E-state index contributed by atoms with van der Waals surface area (Å²) in [6.07, 6.45) is 6.65. The lowest BCUT2D eigenvalue weighted by Gasteiger charge is -2.55. The van der Waals surface area contributed by atoms with Gasteiger partial charge < -0.3 is 9.16 Å². The van der Waals surface area contributed by atoms with E-state index in [2.05, 4.69) is 51.7 Å². The molecule has 0 aliphatic heterocycles. The Bertz CT molecular complexity index is 768. The smallest absolute Gasteiger partial charge is 0.184 e. The van der Waals surface area contributed by atoms with Gasteiger partial charge in [-0.05, 0) is 110 Å². The van der Waals surface area contributed by atoms with E-state index in [9.17, 15) is 0 Å². The molecule has 2 nitrogen and oxygen atoms in total. The van der Waals surface area contributed by atoms with Crippen LogP contribution in [0.3, 0.4) is 0 Å². The summed E-state index contributed by atoms with van der Waals surface area (Å²) in [7, 11) is 0.264. The molecule has 1 unspecified atom stereocenters. The second-order valence-corrected chi connectivity index (χ2v) is 15.7. The molecule has 3 fully saturated rings. The predicted octanol–water partition coefficient (Wildman–Crippen LogP) is 6.02. The summed E-state index contributed by atoms with van der Waals surface area (Å²) >= 11 is 0. The molecule has 0 spiro atoms. The number of benzene rings is 1. The highest BCUT2D eigenvalue weighted by atomic mass is 28.4. The first kappa shape index (κ1) is 18.2. The second-order valence-electron chi connectivity index (χ2n) is 11.2. The number of fused-ring (bicyclic) bond motifs is 7. The maximum absolute atomic E-state index is 6.97. The van der Waals surface area contributed by atoms with Gasteiger partial charge in [0.2, 0.25) is 0 Å². The minimum Gasteiger partial charge on any atom is -0.497 e. The molecule has 0 heterocycles. The van der Waals surface area contributed by atoms with E-state index in [1.807, 2.05) is 0 Å². The molecule has 27 heavy (non-hydrogen) atoms. The Kier molecular flexibility index (Phi) is 3.80. The summed E-state index contributed by atoms with van der Waals surface area (Å²) in [4.78, 5) is 0.